The van der Waals surface area contributed by atoms with Gasteiger partial charge < -0.3 is 19.5 Å². The lowest BCUT2D eigenvalue weighted by atomic mass is 10.2. The highest BCUT2D eigenvalue weighted by Gasteiger charge is 2.07. The summed E-state index contributed by atoms with van der Waals surface area (Å²) in [6.45, 7) is 2.70. The first-order valence-corrected chi connectivity index (χ1v) is 9.45. The SMILES string of the molecule is CCOc1ccc(/C=C/C(=O)NCc2nc(-c3ccc(OC)cc3)n[nH]2)cc1OC. The zero-order valence-electron chi connectivity index (χ0n) is 17.1. The Balaban J connectivity index is 1.56. The summed E-state index contributed by atoms with van der Waals surface area (Å²) in [5.41, 5.74) is 1.68. The Morgan fingerprint density at radius 2 is 1.90 bits per heavy atom. The lowest BCUT2D eigenvalue weighted by molar-refractivity contribution is -0.116. The third-order valence-electron chi connectivity index (χ3n) is 4.22. The molecule has 2 N–H and O–H groups in total. The molecule has 0 aliphatic heterocycles. The topological polar surface area (TPSA) is 98.4 Å². The second-order valence-electron chi connectivity index (χ2n) is 6.23. The van der Waals surface area contributed by atoms with Gasteiger partial charge in [-0.15, -0.1) is 0 Å². The van der Waals surface area contributed by atoms with Gasteiger partial charge in [-0.3, -0.25) is 9.89 Å². The van der Waals surface area contributed by atoms with Gasteiger partial charge in [-0.25, -0.2) is 4.98 Å². The van der Waals surface area contributed by atoms with E-state index < -0.39 is 0 Å². The number of ether oxygens (including phenoxy) is 3. The number of rotatable bonds is 9. The van der Waals surface area contributed by atoms with E-state index in [9.17, 15) is 4.79 Å². The van der Waals surface area contributed by atoms with Gasteiger partial charge in [0.05, 0.1) is 27.4 Å². The molecular weight excluding hydrogens is 384 g/mol. The molecule has 0 saturated heterocycles. The van der Waals surface area contributed by atoms with Crippen LogP contribution >= 0.6 is 0 Å². The summed E-state index contributed by atoms with van der Waals surface area (Å²) in [5.74, 6) is 2.92. The van der Waals surface area contributed by atoms with Gasteiger partial charge in [0.1, 0.15) is 11.6 Å². The van der Waals surface area contributed by atoms with E-state index in [0.29, 0.717) is 29.8 Å². The molecule has 8 nitrogen and oxygen atoms in total. The number of H-pyrrole nitrogens is 1. The van der Waals surface area contributed by atoms with Crippen LogP contribution in [0.3, 0.4) is 0 Å². The number of carbonyl (C=O) groups is 1. The minimum atomic E-state index is -0.245. The van der Waals surface area contributed by atoms with Crippen LogP contribution < -0.4 is 19.5 Å². The van der Waals surface area contributed by atoms with Gasteiger partial charge in [0.15, 0.2) is 17.3 Å². The first kappa shape index (κ1) is 20.9. The van der Waals surface area contributed by atoms with Crippen molar-refractivity contribution >= 4 is 12.0 Å². The lowest BCUT2D eigenvalue weighted by Gasteiger charge is -2.09. The summed E-state index contributed by atoms with van der Waals surface area (Å²) in [7, 11) is 3.19. The van der Waals surface area contributed by atoms with Gasteiger partial charge in [-0.05, 0) is 55.0 Å². The molecule has 0 fully saturated rings. The van der Waals surface area contributed by atoms with E-state index in [1.807, 2.05) is 49.4 Å². The van der Waals surface area contributed by atoms with Crippen LogP contribution in [0.15, 0.2) is 48.5 Å². The average Bonchev–Trinajstić information content (AvgIpc) is 3.26. The van der Waals surface area contributed by atoms with Crippen LogP contribution in [-0.2, 0) is 11.3 Å². The highest BCUT2D eigenvalue weighted by atomic mass is 16.5. The van der Waals surface area contributed by atoms with E-state index in [0.717, 1.165) is 16.9 Å². The Morgan fingerprint density at radius 3 is 2.60 bits per heavy atom. The van der Waals surface area contributed by atoms with Crippen LogP contribution in [0.4, 0.5) is 0 Å². The maximum absolute atomic E-state index is 12.1. The molecule has 0 saturated carbocycles. The van der Waals surface area contributed by atoms with Crippen LogP contribution in [0.2, 0.25) is 0 Å². The van der Waals surface area contributed by atoms with Crippen LogP contribution in [-0.4, -0.2) is 41.9 Å². The lowest BCUT2D eigenvalue weighted by Crippen LogP contribution is -2.20. The molecule has 0 spiro atoms. The van der Waals surface area contributed by atoms with Gasteiger partial charge in [0.2, 0.25) is 5.91 Å². The van der Waals surface area contributed by atoms with Crippen molar-refractivity contribution in [2.75, 3.05) is 20.8 Å². The summed E-state index contributed by atoms with van der Waals surface area (Å²) in [6.07, 6.45) is 3.16. The number of nitrogens with one attached hydrogen (secondary N) is 2. The minimum Gasteiger partial charge on any atom is -0.497 e. The number of hydrogen-bond donors (Lipinski definition) is 2. The van der Waals surface area contributed by atoms with E-state index in [4.69, 9.17) is 14.2 Å². The van der Waals surface area contributed by atoms with Crippen LogP contribution in [0.1, 0.15) is 18.3 Å². The highest BCUT2D eigenvalue weighted by molar-refractivity contribution is 5.91. The molecule has 3 aromatic rings. The molecule has 1 amide bonds. The summed E-state index contributed by atoms with van der Waals surface area (Å²) < 4.78 is 16.0. The largest absolute Gasteiger partial charge is 0.497 e. The van der Waals surface area contributed by atoms with Gasteiger partial charge in [-0.1, -0.05) is 6.07 Å². The number of nitrogens with zero attached hydrogens (tertiary/aromatic N) is 2. The molecule has 0 unspecified atom stereocenters. The van der Waals surface area contributed by atoms with E-state index >= 15 is 0 Å². The molecule has 0 radical (unpaired) electrons. The minimum absolute atomic E-state index is 0.235. The standard InChI is InChI=1S/C22H24N4O4/c1-4-30-18-11-5-15(13-19(18)29-3)6-12-21(27)23-14-20-24-22(26-25-20)16-7-9-17(28-2)10-8-16/h5-13H,4,14H2,1-3H3,(H,23,27)(H,24,25,26)/b12-6+. The second kappa shape index (κ2) is 10.1. The maximum Gasteiger partial charge on any atom is 0.244 e. The molecule has 0 aliphatic rings. The molecule has 0 aliphatic carbocycles. The molecule has 3 rings (SSSR count). The van der Waals surface area contributed by atoms with Crippen molar-refractivity contribution in [2.45, 2.75) is 13.5 Å². The zero-order valence-corrected chi connectivity index (χ0v) is 17.1. The van der Waals surface area contributed by atoms with Gasteiger partial charge in [-0.2, -0.15) is 5.10 Å². The molecule has 156 valence electrons. The van der Waals surface area contributed by atoms with E-state index in [2.05, 4.69) is 20.5 Å². The van der Waals surface area contributed by atoms with Crippen molar-refractivity contribution in [3.8, 4) is 28.6 Å². The summed E-state index contributed by atoms with van der Waals surface area (Å²) in [4.78, 5) is 16.5. The quantitative estimate of drug-likeness (QED) is 0.528. The highest BCUT2D eigenvalue weighted by Crippen LogP contribution is 2.28. The number of aromatic amines is 1. The number of carbonyl (C=O) groups excluding carboxylic acids is 1. The van der Waals surface area contributed by atoms with E-state index in [1.165, 1.54) is 6.08 Å². The molecule has 0 bridgehead atoms. The number of aromatic nitrogens is 3. The molecule has 1 heterocycles. The molecule has 30 heavy (non-hydrogen) atoms. The van der Waals surface area contributed by atoms with E-state index in [1.54, 1.807) is 20.3 Å². The van der Waals surface area contributed by atoms with Crippen molar-refractivity contribution < 1.29 is 19.0 Å². The smallest absolute Gasteiger partial charge is 0.244 e. The maximum atomic E-state index is 12.1. The number of amides is 1. The average molecular weight is 408 g/mol. The number of methoxy groups -OCH3 is 2. The van der Waals surface area contributed by atoms with Crippen molar-refractivity contribution in [1.82, 2.24) is 20.5 Å². The van der Waals surface area contributed by atoms with Gasteiger partial charge >= 0.3 is 0 Å². The van der Waals surface area contributed by atoms with Crippen LogP contribution in [0.25, 0.3) is 17.5 Å². The Hall–Kier alpha value is -3.81. The van der Waals surface area contributed by atoms with E-state index in [-0.39, 0.29) is 12.5 Å². The zero-order chi connectivity index (χ0) is 21.3. The predicted octanol–water partition coefficient (Wildman–Crippen LogP) is 3.22. The van der Waals surface area contributed by atoms with Crippen LogP contribution in [0, 0.1) is 0 Å². The fraction of sp³-hybridized carbons (Fsp3) is 0.227. The molecule has 0 atom stereocenters. The normalized spacial score (nSPS) is 10.8. The molecule has 2 aromatic carbocycles. The van der Waals surface area contributed by atoms with Crippen LogP contribution in [0.5, 0.6) is 17.2 Å². The first-order valence-electron chi connectivity index (χ1n) is 9.45. The molecule has 8 heteroatoms. The third-order valence-corrected chi connectivity index (χ3v) is 4.22. The second-order valence-corrected chi connectivity index (χ2v) is 6.23. The molecular formula is C22H24N4O4. The van der Waals surface area contributed by atoms with Crippen molar-refractivity contribution in [3.63, 3.8) is 0 Å². The predicted molar refractivity (Wildman–Crippen MR) is 113 cm³/mol. The number of hydrogen-bond acceptors (Lipinski definition) is 6. The fourth-order valence-electron chi connectivity index (χ4n) is 2.71. The Labute approximate surface area is 174 Å². The van der Waals surface area contributed by atoms with Crippen molar-refractivity contribution in [1.29, 1.82) is 0 Å². The van der Waals surface area contributed by atoms with Gasteiger partial charge in [0, 0.05) is 11.6 Å². The molecule has 1 aromatic heterocycles. The fourth-order valence-corrected chi connectivity index (χ4v) is 2.71. The summed E-state index contributed by atoms with van der Waals surface area (Å²) in [5, 5.41) is 9.79. The first-order chi connectivity index (χ1) is 14.6. The Bertz CT molecular complexity index is 1010. The summed E-state index contributed by atoms with van der Waals surface area (Å²) >= 11 is 0. The monoisotopic (exact) mass is 408 g/mol. The Morgan fingerprint density at radius 1 is 1.10 bits per heavy atom. The number of benzene rings is 2. The van der Waals surface area contributed by atoms with Gasteiger partial charge in [0.25, 0.3) is 0 Å². The Kier molecular flexibility index (Phi) is 7.05. The van der Waals surface area contributed by atoms with Crippen molar-refractivity contribution in [3.05, 3.63) is 59.9 Å². The van der Waals surface area contributed by atoms with Crippen molar-refractivity contribution in [2.24, 2.45) is 0 Å². The third kappa shape index (κ3) is 5.38. The summed E-state index contributed by atoms with van der Waals surface area (Å²) in [6, 6.07) is 12.9.